The highest BCUT2D eigenvalue weighted by molar-refractivity contribution is 5.98. The van der Waals surface area contributed by atoms with E-state index in [9.17, 15) is 0 Å². The topological polar surface area (TPSA) is 57.5 Å². The average molecular weight is 256 g/mol. The lowest BCUT2D eigenvalue weighted by atomic mass is 10.1. The minimum absolute atomic E-state index is 0.820. The maximum Gasteiger partial charge on any atom is 0.175 e. The molecule has 0 amide bonds. The van der Waals surface area contributed by atoms with E-state index in [-0.39, 0.29) is 0 Å². The van der Waals surface area contributed by atoms with Gasteiger partial charge in [0.05, 0.1) is 17.4 Å². The van der Waals surface area contributed by atoms with Gasteiger partial charge in [0.2, 0.25) is 0 Å². The molecule has 0 spiro atoms. The van der Waals surface area contributed by atoms with Crippen LogP contribution in [0.25, 0.3) is 5.69 Å². The van der Waals surface area contributed by atoms with Crippen molar-refractivity contribution >= 4 is 5.84 Å². The second-order valence-corrected chi connectivity index (χ2v) is 4.37. The van der Waals surface area contributed by atoms with Crippen LogP contribution >= 0.6 is 0 Å². The lowest BCUT2D eigenvalue weighted by Crippen LogP contribution is -2.37. The second-order valence-electron chi connectivity index (χ2n) is 4.37. The number of hydrazine groups is 2. The highest BCUT2D eigenvalue weighted by atomic mass is 15.8. The van der Waals surface area contributed by atoms with Crippen molar-refractivity contribution in [2.24, 2.45) is 5.10 Å². The van der Waals surface area contributed by atoms with Crippen LogP contribution in [0.15, 0.2) is 41.8 Å². The Bertz CT molecular complexity index is 615. The fraction of sp³-hybridized carbons (Fsp3) is 0.231. The number of amidine groups is 1. The van der Waals surface area contributed by atoms with E-state index in [1.54, 1.807) is 0 Å². The van der Waals surface area contributed by atoms with E-state index in [1.165, 1.54) is 5.56 Å². The van der Waals surface area contributed by atoms with Crippen LogP contribution in [0.2, 0.25) is 0 Å². The fourth-order valence-corrected chi connectivity index (χ4v) is 2.14. The molecule has 3 rings (SSSR count). The normalized spacial score (nSPS) is 14.4. The zero-order valence-electron chi connectivity index (χ0n) is 11.0. The molecule has 0 aliphatic carbocycles. The number of hydrogen-bond donors (Lipinski definition) is 2. The standard InChI is InChI=1S/C13H16N6/c1-3-10-6-4-5-7-12(10)19-9-11(8-14-19)13-15-16-17-18(13)2/h4-9,16-17H,3H2,1-2H3. The number of benzene rings is 1. The molecule has 6 nitrogen and oxygen atoms in total. The van der Waals surface area contributed by atoms with Crippen LogP contribution in [0, 0.1) is 0 Å². The van der Waals surface area contributed by atoms with Crippen LogP contribution in [-0.4, -0.2) is 27.7 Å². The number of hydrogen-bond acceptors (Lipinski definition) is 5. The van der Waals surface area contributed by atoms with Crippen molar-refractivity contribution in [3.8, 4) is 5.69 Å². The van der Waals surface area contributed by atoms with Crippen LogP contribution in [0.1, 0.15) is 18.1 Å². The molecule has 2 N–H and O–H groups in total. The van der Waals surface area contributed by atoms with E-state index in [2.05, 4.69) is 46.4 Å². The van der Waals surface area contributed by atoms with Gasteiger partial charge in [-0.05, 0) is 18.1 Å². The average Bonchev–Trinajstić information content (AvgIpc) is 3.07. The van der Waals surface area contributed by atoms with Gasteiger partial charge in [0.25, 0.3) is 0 Å². The summed E-state index contributed by atoms with van der Waals surface area (Å²) in [7, 11) is 1.90. The Kier molecular flexibility index (Phi) is 2.92. The van der Waals surface area contributed by atoms with Crippen molar-refractivity contribution in [2.75, 3.05) is 7.05 Å². The zero-order valence-corrected chi connectivity index (χ0v) is 11.0. The van der Waals surface area contributed by atoms with Crippen molar-refractivity contribution in [1.29, 1.82) is 0 Å². The summed E-state index contributed by atoms with van der Waals surface area (Å²) in [6.45, 7) is 2.14. The number of hydrazone groups is 1. The smallest absolute Gasteiger partial charge is 0.175 e. The lowest BCUT2D eigenvalue weighted by Gasteiger charge is -2.10. The Hall–Kier alpha value is -2.34. The first-order valence-corrected chi connectivity index (χ1v) is 6.25. The van der Waals surface area contributed by atoms with Crippen LogP contribution in [0.4, 0.5) is 0 Å². The van der Waals surface area contributed by atoms with Crippen molar-refractivity contribution < 1.29 is 0 Å². The first-order valence-electron chi connectivity index (χ1n) is 6.25. The Morgan fingerprint density at radius 1 is 1.26 bits per heavy atom. The molecule has 1 aliphatic rings. The number of rotatable bonds is 3. The summed E-state index contributed by atoms with van der Waals surface area (Å²) in [6.07, 6.45) is 4.78. The van der Waals surface area contributed by atoms with E-state index in [1.807, 2.05) is 35.2 Å². The molecule has 1 aromatic carbocycles. The summed E-state index contributed by atoms with van der Waals surface area (Å²) in [5.74, 6) is 0.820. The van der Waals surface area contributed by atoms with Gasteiger partial charge >= 0.3 is 0 Å². The molecular formula is C13H16N6. The van der Waals surface area contributed by atoms with E-state index in [0.717, 1.165) is 23.5 Å². The molecule has 2 heterocycles. The van der Waals surface area contributed by atoms with Gasteiger partial charge in [-0.3, -0.25) is 5.01 Å². The number of nitrogens with one attached hydrogen (secondary N) is 2. The molecule has 0 atom stereocenters. The maximum absolute atomic E-state index is 4.43. The summed E-state index contributed by atoms with van der Waals surface area (Å²) in [5.41, 5.74) is 8.95. The molecule has 19 heavy (non-hydrogen) atoms. The van der Waals surface area contributed by atoms with Crippen LogP contribution in [0.3, 0.4) is 0 Å². The Balaban J connectivity index is 1.97. The van der Waals surface area contributed by atoms with Crippen LogP contribution < -0.4 is 11.1 Å². The highest BCUT2D eigenvalue weighted by Gasteiger charge is 2.16. The first kappa shape index (κ1) is 11.7. The lowest BCUT2D eigenvalue weighted by molar-refractivity contribution is 0.349. The number of nitrogens with zero attached hydrogens (tertiary/aromatic N) is 4. The van der Waals surface area contributed by atoms with E-state index < -0.39 is 0 Å². The van der Waals surface area contributed by atoms with Gasteiger partial charge in [0.15, 0.2) is 5.84 Å². The Labute approximate surface area is 111 Å². The molecule has 0 unspecified atom stereocenters. The van der Waals surface area contributed by atoms with Crippen LogP contribution in [-0.2, 0) is 6.42 Å². The van der Waals surface area contributed by atoms with Gasteiger partial charge in [-0.1, -0.05) is 25.1 Å². The first-order chi connectivity index (χ1) is 9.29. The second kappa shape index (κ2) is 4.74. The van der Waals surface area contributed by atoms with Crippen molar-refractivity contribution in [1.82, 2.24) is 25.9 Å². The largest absolute Gasteiger partial charge is 0.274 e. The van der Waals surface area contributed by atoms with E-state index in [0.29, 0.717) is 0 Å². The molecular weight excluding hydrogens is 240 g/mol. The third-order valence-electron chi connectivity index (χ3n) is 3.16. The third kappa shape index (κ3) is 2.06. The Morgan fingerprint density at radius 3 is 2.84 bits per heavy atom. The van der Waals surface area contributed by atoms with Gasteiger partial charge in [-0.2, -0.15) is 5.10 Å². The van der Waals surface area contributed by atoms with E-state index >= 15 is 0 Å². The fourth-order valence-electron chi connectivity index (χ4n) is 2.14. The van der Waals surface area contributed by atoms with Gasteiger partial charge in [0.1, 0.15) is 0 Å². The molecule has 0 saturated carbocycles. The van der Waals surface area contributed by atoms with E-state index in [4.69, 9.17) is 0 Å². The minimum atomic E-state index is 0.820. The molecule has 0 saturated heterocycles. The monoisotopic (exact) mass is 256 g/mol. The highest BCUT2D eigenvalue weighted by Crippen LogP contribution is 2.15. The quantitative estimate of drug-likeness (QED) is 0.862. The number of aromatic nitrogens is 2. The van der Waals surface area contributed by atoms with Gasteiger partial charge < -0.3 is 0 Å². The van der Waals surface area contributed by atoms with Crippen molar-refractivity contribution in [2.45, 2.75) is 13.3 Å². The summed E-state index contributed by atoms with van der Waals surface area (Å²) in [5, 5.41) is 10.4. The molecule has 0 bridgehead atoms. The summed E-state index contributed by atoms with van der Waals surface area (Å²) >= 11 is 0. The molecule has 1 aliphatic heterocycles. The van der Waals surface area contributed by atoms with Gasteiger partial charge in [-0.15, -0.1) is 10.6 Å². The predicted octanol–water partition coefficient (Wildman–Crippen LogP) is 1.05. The van der Waals surface area contributed by atoms with Gasteiger partial charge in [0, 0.05) is 13.2 Å². The molecule has 0 radical (unpaired) electrons. The van der Waals surface area contributed by atoms with Crippen LogP contribution in [0.5, 0.6) is 0 Å². The van der Waals surface area contributed by atoms with Gasteiger partial charge in [-0.25, -0.2) is 10.2 Å². The Morgan fingerprint density at radius 2 is 2.11 bits per heavy atom. The minimum Gasteiger partial charge on any atom is -0.274 e. The molecule has 2 aromatic rings. The predicted molar refractivity (Wildman–Crippen MR) is 73.5 cm³/mol. The molecule has 98 valence electrons. The SMILES string of the molecule is CCc1ccccc1-n1cc(C2=NNNN2C)cn1. The number of para-hydroxylation sites is 1. The summed E-state index contributed by atoms with van der Waals surface area (Å²) < 4.78 is 1.89. The molecule has 6 heteroatoms. The van der Waals surface area contributed by atoms with Crippen molar-refractivity contribution in [3.63, 3.8) is 0 Å². The number of aryl methyl sites for hydroxylation is 1. The summed E-state index contributed by atoms with van der Waals surface area (Å²) in [4.78, 5) is 0. The molecule has 1 aromatic heterocycles. The maximum atomic E-state index is 4.43. The van der Waals surface area contributed by atoms with Crippen molar-refractivity contribution in [3.05, 3.63) is 47.8 Å². The molecule has 0 fully saturated rings. The summed E-state index contributed by atoms with van der Waals surface area (Å²) in [6, 6.07) is 8.28. The third-order valence-corrected chi connectivity index (χ3v) is 3.16. The zero-order chi connectivity index (χ0) is 13.2.